The van der Waals surface area contributed by atoms with E-state index in [2.05, 4.69) is 4.57 Å². The summed E-state index contributed by atoms with van der Waals surface area (Å²) in [5, 5.41) is 10.7. The van der Waals surface area contributed by atoms with E-state index in [1.165, 1.54) is 12.1 Å². The number of esters is 1. The van der Waals surface area contributed by atoms with Crippen molar-refractivity contribution >= 4 is 16.9 Å². The summed E-state index contributed by atoms with van der Waals surface area (Å²) in [6, 6.07) is 6.89. The fourth-order valence-electron chi connectivity index (χ4n) is 3.81. The average molecular weight is 381 g/mol. The monoisotopic (exact) mass is 381 g/mol. The lowest BCUT2D eigenvalue weighted by Gasteiger charge is -2.10. The number of ether oxygens (including phenoxy) is 1. The van der Waals surface area contributed by atoms with Crippen molar-refractivity contribution in [1.82, 2.24) is 4.57 Å². The Morgan fingerprint density at radius 1 is 1.21 bits per heavy atom. The molecule has 6 heteroatoms. The lowest BCUT2D eigenvalue weighted by atomic mass is 10.0. The molecule has 0 saturated heterocycles. The second kappa shape index (κ2) is 6.86. The number of benzene rings is 1. The van der Waals surface area contributed by atoms with Gasteiger partial charge in [-0.15, -0.1) is 0 Å². The molecule has 0 atom stereocenters. The minimum absolute atomic E-state index is 0.0397. The summed E-state index contributed by atoms with van der Waals surface area (Å²) in [6.45, 7) is 5.82. The van der Waals surface area contributed by atoms with Gasteiger partial charge in [0.2, 0.25) is 0 Å². The molecule has 1 aliphatic rings. The maximum absolute atomic E-state index is 12.7. The van der Waals surface area contributed by atoms with Crippen LogP contribution in [0.3, 0.4) is 0 Å². The number of rotatable bonds is 5. The molecule has 0 spiro atoms. The molecule has 146 valence electrons. The van der Waals surface area contributed by atoms with Crippen LogP contribution in [0.1, 0.15) is 58.7 Å². The molecule has 2 aromatic heterocycles. The first-order valence-corrected chi connectivity index (χ1v) is 9.53. The molecule has 28 heavy (non-hydrogen) atoms. The number of carbonyl (C=O) groups is 1. The highest BCUT2D eigenvalue weighted by Gasteiger charge is 2.28. The van der Waals surface area contributed by atoms with Crippen LogP contribution in [0.2, 0.25) is 0 Å². The highest BCUT2D eigenvalue weighted by molar-refractivity contribution is 5.91. The highest BCUT2D eigenvalue weighted by Crippen LogP contribution is 2.38. The van der Waals surface area contributed by atoms with Crippen LogP contribution in [0.15, 0.2) is 33.5 Å². The third-order valence-corrected chi connectivity index (χ3v) is 5.39. The van der Waals surface area contributed by atoms with Crippen molar-refractivity contribution in [2.45, 2.75) is 52.7 Å². The van der Waals surface area contributed by atoms with Crippen molar-refractivity contribution < 1.29 is 19.1 Å². The van der Waals surface area contributed by atoms with Crippen LogP contribution in [-0.4, -0.2) is 15.6 Å². The van der Waals surface area contributed by atoms with E-state index in [1.54, 1.807) is 6.07 Å². The van der Waals surface area contributed by atoms with Crippen LogP contribution in [0, 0.1) is 13.8 Å². The van der Waals surface area contributed by atoms with Crippen LogP contribution in [0.5, 0.6) is 5.75 Å². The summed E-state index contributed by atoms with van der Waals surface area (Å²) in [5.41, 5.74) is 3.56. The third-order valence-electron chi connectivity index (χ3n) is 5.39. The van der Waals surface area contributed by atoms with Crippen molar-refractivity contribution in [2.24, 2.45) is 0 Å². The fraction of sp³-hybridized carbons (Fsp3) is 0.364. The van der Waals surface area contributed by atoms with Crippen LogP contribution < -0.4 is 5.63 Å². The molecule has 0 aliphatic heterocycles. The summed E-state index contributed by atoms with van der Waals surface area (Å²) >= 11 is 0. The van der Waals surface area contributed by atoms with Gasteiger partial charge in [0.15, 0.2) is 0 Å². The number of phenolic OH excluding ortho intramolecular Hbond substituents is 1. The van der Waals surface area contributed by atoms with Gasteiger partial charge in [-0.2, -0.15) is 0 Å². The predicted octanol–water partition coefficient (Wildman–Crippen LogP) is 4.17. The molecule has 3 aromatic rings. The number of aryl methyl sites for hydroxylation is 2. The molecule has 4 rings (SSSR count). The molecule has 1 fully saturated rings. The van der Waals surface area contributed by atoms with Gasteiger partial charge in [0.05, 0.1) is 5.56 Å². The quantitative estimate of drug-likeness (QED) is 0.530. The molecule has 6 nitrogen and oxygen atoms in total. The van der Waals surface area contributed by atoms with Crippen LogP contribution >= 0.6 is 0 Å². The SMILES string of the molecule is CCc1cc2c(COC(=O)c3cc(C)n(C4CC4)c3C)cc(=O)oc2cc1O. The van der Waals surface area contributed by atoms with E-state index in [0.29, 0.717) is 29.0 Å². The Balaban J connectivity index is 1.63. The third kappa shape index (κ3) is 3.19. The maximum Gasteiger partial charge on any atom is 0.340 e. The number of aromatic hydroxyl groups is 1. The van der Waals surface area contributed by atoms with Gasteiger partial charge in [-0.1, -0.05) is 6.92 Å². The standard InChI is InChI=1S/C22H23NO5/c1-4-14-8-18-15(9-21(25)28-20(18)10-19(14)24)11-27-22(26)17-7-12(2)23(13(17)3)16-5-6-16/h7-10,16,24H,4-6,11H2,1-3H3. The van der Waals surface area contributed by atoms with Gasteiger partial charge in [0, 0.05) is 40.5 Å². The molecular formula is C22H23NO5. The summed E-state index contributed by atoms with van der Waals surface area (Å²) < 4.78 is 12.9. The zero-order valence-corrected chi connectivity index (χ0v) is 16.2. The van der Waals surface area contributed by atoms with Crippen LogP contribution in [0.25, 0.3) is 11.0 Å². The number of nitrogens with zero attached hydrogens (tertiary/aromatic N) is 1. The molecule has 0 radical (unpaired) electrons. The predicted molar refractivity (Wildman–Crippen MR) is 105 cm³/mol. The Morgan fingerprint density at radius 3 is 2.64 bits per heavy atom. The minimum Gasteiger partial charge on any atom is -0.508 e. The highest BCUT2D eigenvalue weighted by atomic mass is 16.5. The normalized spacial score (nSPS) is 13.8. The van der Waals surface area contributed by atoms with E-state index in [0.717, 1.165) is 29.8 Å². The Hall–Kier alpha value is -3.02. The van der Waals surface area contributed by atoms with Gasteiger partial charge in [-0.05, 0) is 50.8 Å². The number of phenols is 1. The van der Waals surface area contributed by atoms with E-state index in [9.17, 15) is 14.7 Å². The number of hydrogen-bond donors (Lipinski definition) is 1. The molecule has 2 heterocycles. The van der Waals surface area contributed by atoms with Gasteiger partial charge in [-0.3, -0.25) is 0 Å². The van der Waals surface area contributed by atoms with Gasteiger partial charge < -0.3 is 18.8 Å². The number of fused-ring (bicyclic) bond motifs is 1. The first kappa shape index (κ1) is 18.3. The largest absolute Gasteiger partial charge is 0.508 e. The molecule has 1 aromatic carbocycles. The van der Waals surface area contributed by atoms with Crippen molar-refractivity contribution in [3.05, 3.63) is 62.8 Å². The summed E-state index contributed by atoms with van der Waals surface area (Å²) in [4.78, 5) is 24.5. The Bertz CT molecular complexity index is 1130. The number of aromatic nitrogens is 1. The van der Waals surface area contributed by atoms with E-state index in [1.807, 2.05) is 26.8 Å². The molecule has 0 amide bonds. The molecule has 1 N–H and O–H groups in total. The minimum atomic E-state index is -0.547. The molecule has 0 unspecified atom stereocenters. The van der Waals surface area contributed by atoms with E-state index in [-0.39, 0.29) is 17.9 Å². The van der Waals surface area contributed by atoms with Crippen LogP contribution in [-0.2, 0) is 17.8 Å². The topological polar surface area (TPSA) is 81.7 Å². The van der Waals surface area contributed by atoms with E-state index < -0.39 is 11.6 Å². The van der Waals surface area contributed by atoms with Gasteiger partial charge in [0.25, 0.3) is 0 Å². The second-order valence-electron chi connectivity index (χ2n) is 7.38. The van der Waals surface area contributed by atoms with E-state index >= 15 is 0 Å². The van der Waals surface area contributed by atoms with Crippen molar-refractivity contribution in [1.29, 1.82) is 0 Å². The Morgan fingerprint density at radius 2 is 1.96 bits per heavy atom. The van der Waals surface area contributed by atoms with E-state index in [4.69, 9.17) is 9.15 Å². The lowest BCUT2D eigenvalue weighted by Crippen LogP contribution is -2.09. The molecule has 0 bridgehead atoms. The smallest absolute Gasteiger partial charge is 0.340 e. The van der Waals surface area contributed by atoms with Crippen molar-refractivity contribution in [3.8, 4) is 5.75 Å². The van der Waals surface area contributed by atoms with Gasteiger partial charge >= 0.3 is 11.6 Å². The number of carbonyl (C=O) groups excluding carboxylic acids is 1. The first-order valence-electron chi connectivity index (χ1n) is 9.53. The Kier molecular flexibility index (Phi) is 4.49. The molecular weight excluding hydrogens is 358 g/mol. The second-order valence-corrected chi connectivity index (χ2v) is 7.38. The Labute approximate surface area is 162 Å². The van der Waals surface area contributed by atoms with Crippen LogP contribution in [0.4, 0.5) is 0 Å². The summed E-state index contributed by atoms with van der Waals surface area (Å²) in [5.74, 6) is -0.323. The molecule has 1 saturated carbocycles. The van der Waals surface area contributed by atoms with Crippen molar-refractivity contribution in [3.63, 3.8) is 0 Å². The maximum atomic E-state index is 12.7. The van der Waals surface area contributed by atoms with Gasteiger partial charge in [-0.25, -0.2) is 9.59 Å². The summed E-state index contributed by atoms with van der Waals surface area (Å²) in [7, 11) is 0. The van der Waals surface area contributed by atoms with Gasteiger partial charge in [0.1, 0.15) is 17.9 Å². The zero-order valence-electron chi connectivity index (χ0n) is 16.2. The first-order chi connectivity index (χ1) is 13.4. The number of hydrogen-bond acceptors (Lipinski definition) is 5. The van der Waals surface area contributed by atoms with Crippen molar-refractivity contribution in [2.75, 3.05) is 0 Å². The lowest BCUT2D eigenvalue weighted by molar-refractivity contribution is 0.0473. The average Bonchev–Trinajstić information content (AvgIpc) is 3.43. The summed E-state index contributed by atoms with van der Waals surface area (Å²) in [6.07, 6.45) is 2.92. The molecule has 1 aliphatic carbocycles. The zero-order chi connectivity index (χ0) is 20.0. The fourth-order valence-corrected chi connectivity index (χ4v) is 3.81.